The van der Waals surface area contributed by atoms with Crippen LogP contribution in [-0.4, -0.2) is 42.9 Å². The minimum atomic E-state index is -5.15. The molecule has 36 heavy (non-hydrogen) atoms. The van der Waals surface area contributed by atoms with Gasteiger partial charge in [0.1, 0.15) is 0 Å². The standard InChI is InChI=1S/C21H15N3O10S2/c22-13-5-3-10-15(12-7-8(20(24)25)1-2-9(12)21(26)27)11-4-6-14(23)19(36(31,32)33)17(11)34-16(10)18(13)35(28,29)30/h1-7,22H,23H2,(H2,24,25)(H,26,27)(H,28,29,30)(H,31,32,33). The number of nitrogens with one attached hydrogen (secondary N) is 1. The van der Waals surface area contributed by atoms with Gasteiger partial charge in [-0.1, -0.05) is 0 Å². The first-order valence-corrected chi connectivity index (χ1v) is 12.5. The Morgan fingerprint density at radius 3 is 2.08 bits per heavy atom. The third-order valence-corrected chi connectivity index (χ3v) is 7.18. The number of anilines is 1. The van der Waals surface area contributed by atoms with Gasteiger partial charge in [0.05, 0.1) is 16.6 Å². The Morgan fingerprint density at radius 1 is 0.889 bits per heavy atom. The van der Waals surface area contributed by atoms with Gasteiger partial charge in [0.25, 0.3) is 20.2 Å². The van der Waals surface area contributed by atoms with Crippen molar-refractivity contribution in [1.82, 2.24) is 0 Å². The van der Waals surface area contributed by atoms with Gasteiger partial charge in [0.2, 0.25) is 5.91 Å². The molecule has 0 bridgehead atoms. The Kier molecular flexibility index (Phi) is 5.60. The first kappa shape index (κ1) is 24.8. The molecular formula is C21H15N3O10S2. The number of fused-ring (bicyclic) bond motifs is 2. The number of rotatable bonds is 5. The van der Waals surface area contributed by atoms with E-state index < -0.39 is 69.9 Å². The van der Waals surface area contributed by atoms with E-state index in [0.29, 0.717) is 0 Å². The third-order valence-electron chi connectivity index (χ3n) is 5.32. The molecule has 1 heterocycles. The van der Waals surface area contributed by atoms with Gasteiger partial charge in [-0.3, -0.25) is 19.3 Å². The summed E-state index contributed by atoms with van der Waals surface area (Å²) in [5.74, 6) is -3.14. The van der Waals surface area contributed by atoms with Crippen LogP contribution in [0.1, 0.15) is 20.7 Å². The Hall–Kier alpha value is -4.31. The molecule has 8 N–H and O–H groups in total. The summed E-state index contributed by atoms with van der Waals surface area (Å²) in [4.78, 5) is 21.9. The molecule has 2 aromatic rings. The summed E-state index contributed by atoms with van der Waals surface area (Å²) in [6.45, 7) is 0. The van der Waals surface area contributed by atoms with Crippen LogP contribution < -0.4 is 16.8 Å². The number of carbonyl (C=O) groups excluding carboxylic acids is 1. The fraction of sp³-hybridized carbons (Fsp3) is 0. The minimum Gasteiger partial charge on any atom is -0.478 e. The monoisotopic (exact) mass is 533 g/mol. The van der Waals surface area contributed by atoms with E-state index in [0.717, 1.165) is 30.3 Å². The number of nitrogens with two attached hydrogens (primary N) is 2. The van der Waals surface area contributed by atoms with Crippen molar-refractivity contribution in [3.05, 3.63) is 58.9 Å². The first-order valence-electron chi connectivity index (χ1n) is 9.62. The van der Waals surface area contributed by atoms with E-state index in [9.17, 15) is 40.6 Å². The van der Waals surface area contributed by atoms with Crippen molar-refractivity contribution >= 4 is 48.8 Å². The fourth-order valence-corrected chi connectivity index (χ4v) is 5.37. The Balaban J connectivity index is 2.41. The Labute approximate surface area is 201 Å². The topological polar surface area (TPSA) is 252 Å². The predicted octanol–water partition coefficient (Wildman–Crippen LogP) is 1.56. The van der Waals surface area contributed by atoms with Gasteiger partial charge >= 0.3 is 5.97 Å². The molecule has 0 spiro atoms. The minimum absolute atomic E-state index is 0.144. The van der Waals surface area contributed by atoms with Crippen LogP contribution in [0, 0.1) is 5.41 Å². The second-order valence-corrected chi connectivity index (χ2v) is 10.3. The summed E-state index contributed by atoms with van der Waals surface area (Å²) in [6, 6.07) is 7.75. The summed E-state index contributed by atoms with van der Waals surface area (Å²) >= 11 is 0. The maximum absolute atomic E-state index is 12.2. The quantitative estimate of drug-likeness (QED) is 0.122. The SMILES string of the molecule is N=c1ccc2c(-c3cc(C(N)=O)ccc3C(=O)O)c3ccc(N)c(S(=O)(=O)O)c3oc-2c1S(=O)(=O)O. The zero-order chi connectivity index (χ0) is 26.7. The lowest BCUT2D eigenvalue weighted by atomic mass is 9.89. The lowest BCUT2D eigenvalue weighted by Gasteiger charge is -2.20. The number of hydrogen-bond donors (Lipinski definition) is 6. The largest absolute Gasteiger partial charge is 0.478 e. The van der Waals surface area contributed by atoms with Crippen molar-refractivity contribution in [2.45, 2.75) is 9.79 Å². The second-order valence-electron chi connectivity index (χ2n) is 7.54. The maximum Gasteiger partial charge on any atom is 0.336 e. The molecular weight excluding hydrogens is 518 g/mol. The van der Waals surface area contributed by atoms with Crippen molar-refractivity contribution in [2.24, 2.45) is 5.73 Å². The maximum atomic E-state index is 12.2. The number of primary amides is 1. The second kappa shape index (κ2) is 8.13. The average Bonchev–Trinajstić information content (AvgIpc) is 2.74. The normalized spacial score (nSPS) is 12.2. The van der Waals surface area contributed by atoms with Gasteiger partial charge in [-0.2, -0.15) is 16.8 Å². The zero-order valence-corrected chi connectivity index (χ0v) is 19.3. The summed E-state index contributed by atoms with van der Waals surface area (Å²) in [7, 11) is -10.3. The molecule has 2 aliphatic rings. The first-order chi connectivity index (χ1) is 16.6. The van der Waals surface area contributed by atoms with E-state index in [4.69, 9.17) is 21.3 Å². The molecule has 0 unspecified atom stereocenters. The molecule has 0 saturated carbocycles. The van der Waals surface area contributed by atoms with Gasteiger partial charge in [-0.05, 0) is 48.0 Å². The number of aromatic carboxylic acids is 1. The van der Waals surface area contributed by atoms with Crippen LogP contribution in [0.15, 0.2) is 56.7 Å². The molecule has 0 radical (unpaired) electrons. The van der Waals surface area contributed by atoms with E-state index in [-0.39, 0.29) is 27.6 Å². The highest BCUT2D eigenvalue weighted by Gasteiger charge is 2.31. The van der Waals surface area contributed by atoms with Crippen LogP contribution >= 0.6 is 0 Å². The smallest absolute Gasteiger partial charge is 0.336 e. The molecule has 1 aliphatic heterocycles. The van der Waals surface area contributed by atoms with E-state index in [1.165, 1.54) is 12.1 Å². The van der Waals surface area contributed by atoms with Crippen LogP contribution in [0.3, 0.4) is 0 Å². The Morgan fingerprint density at radius 2 is 1.53 bits per heavy atom. The van der Waals surface area contributed by atoms with Gasteiger partial charge in [0, 0.05) is 22.1 Å². The number of benzene rings is 3. The third kappa shape index (κ3) is 3.95. The molecule has 2 aromatic carbocycles. The van der Waals surface area contributed by atoms with E-state index in [1.54, 1.807) is 0 Å². The predicted molar refractivity (Wildman–Crippen MR) is 124 cm³/mol. The molecule has 0 aromatic heterocycles. The highest BCUT2D eigenvalue weighted by molar-refractivity contribution is 7.86. The number of carboxylic acids is 1. The molecule has 0 atom stereocenters. The molecule has 0 fully saturated rings. The number of amides is 1. The summed E-state index contributed by atoms with van der Waals surface area (Å²) in [6.07, 6.45) is 0. The van der Waals surface area contributed by atoms with Crippen molar-refractivity contribution in [1.29, 1.82) is 5.41 Å². The lowest BCUT2D eigenvalue weighted by Crippen LogP contribution is -2.17. The Bertz CT molecular complexity index is 1880. The van der Waals surface area contributed by atoms with Crippen LogP contribution in [0.4, 0.5) is 5.69 Å². The summed E-state index contributed by atoms with van der Waals surface area (Å²) in [5, 5.41) is 16.9. The summed E-state index contributed by atoms with van der Waals surface area (Å²) < 4.78 is 73.8. The van der Waals surface area contributed by atoms with Gasteiger partial charge in [-0.25, -0.2) is 4.79 Å². The number of carboxylic acid groups (broad SMARTS) is 1. The highest BCUT2D eigenvalue weighted by atomic mass is 32.2. The molecule has 15 heteroatoms. The lowest BCUT2D eigenvalue weighted by molar-refractivity contribution is 0.0697. The van der Waals surface area contributed by atoms with E-state index in [1.807, 2.05) is 0 Å². The molecule has 13 nitrogen and oxygen atoms in total. The average molecular weight is 533 g/mol. The molecule has 186 valence electrons. The number of carbonyl (C=O) groups is 2. The highest BCUT2D eigenvalue weighted by Crippen LogP contribution is 2.45. The summed E-state index contributed by atoms with van der Waals surface area (Å²) in [5.41, 5.74) is 8.78. The number of nitrogen functional groups attached to an aromatic ring is 1. The number of hydrogen-bond acceptors (Lipinski definition) is 9. The van der Waals surface area contributed by atoms with Crippen LogP contribution in [-0.2, 0) is 20.2 Å². The molecule has 4 rings (SSSR count). The van der Waals surface area contributed by atoms with E-state index in [2.05, 4.69) is 0 Å². The van der Waals surface area contributed by atoms with Gasteiger partial charge < -0.3 is 21.0 Å². The van der Waals surface area contributed by atoms with Crippen molar-refractivity contribution in [3.8, 4) is 22.5 Å². The van der Waals surface area contributed by atoms with Gasteiger partial charge in [-0.15, -0.1) is 0 Å². The van der Waals surface area contributed by atoms with Crippen molar-refractivity contribution in [3.63, 3.8) is 0 Å². The van der Waals surface area contributed by atoms with Crippen LogP contribution in [0.2, 0.25) is 0 Å². The van der Waals surface area contributed by atoms with Crippen LogP contribution in [0.25, 0.3) is 33.4 Å². The molecule has 1 amide bonds. The zero-order valence-electron chi connectivity index (χ0n) is 17.7. The molecule has 1 aliphatic carbocycles. The fourth-order valence-electron chi connectivity index (χ4n) is 3.89. The van der Waals surface area contributed by atoms with Crippen LogP contribution in [0.5, 0.6) is 0 Å². The van der Waals surface area contributed by atoms with Gasteiger partial charge in [0.15, 0.2) is 21.1 Å². The molecule has 0 saturated heterocycles. The van der Waals surface area contributed by atoms with Crippen molar-refractivity contribution in [2.75, 3.05) is 5.73 Å². The van der Waals surface area contributed by atoms with E-state index >= 15 is 0 Å². The van der Waals surface area contributed by atoms with Crippen molar-refractivity contribution < 1.29 is 45.1 Å².